The molecule has 20 heavy (non-hydrogen) atoms. The third-order valence-corrected chi connectivity index (χ3v) is 4.77. The second-order valence-corrected chi connectivity index (χ2v) is 6.37. The fourth-order valence-corrected chi connectivity index (χ4v) is 3.38. The standard InChI is InChI=1S/C16H30N2O2/c1-13(15-7-11-20-12-8-15)17-14(2)16(19)18-9-5-3-4-6-10-18/h13-15,17H,3-12H2,1-2H3. The number of rotatable bonds is 4. The van der Waals surface area contributed by atoms with Gasteiger partial charge in [0.15, 0.2) is 0 Å². The molecule has 2 aliphatic heterocycles. The highest BCUT2D eigenvalue weighted by atomic mass is 16.5. The fraction of sp³-hybridized carbons (Fsp3) is 0.938. The first kappa shape index (κ1) is 15.8. The zero-order valence-corrected chi connectivity index (χ0v) is 13.1. The molecule has 1 N–H and O–H groups in total. The number of carbonyl (C=O) groups is 1. The van der Waals surface area contributed by atoms with Crippen LogP contribution in [-0.2, 0) is 9.53 Å². The van der Waals surface area contributed by atoms with Gasteiger partial charge in [-0.25, -0.2) is 0 Å². The number of carbonyl (C=O) groups excluding carboxylic acids is 1. The third-order valence-electron chi connectivity index (χ3n) is 4.77. The molecule has 4 nitrogen and oxygen atoms in total. The molecule has 2 saturated heterocycles. The van der Waals surface area contributed by atoms with Gasteiger partial charge in [0.05, 0.1) is 6.04 Å². The molecule has 0 aromatic carbocycles. The molecule has 2 aliphatic rings. The highest BCUT2D eigenvalue weighted by Crippen LogP contribution is 2.19. The molecule has 0 bridgehead atoms. The summed E-state index contributed by atoms with van der Waals surface area (Å²) in [5, 5.41) is 3.52. The summed E-state index contributed by atoms with van der Waals surface area (Å²) in [6.07, 6.45) is 7.08. The van der Waals surface area contributed by atoms with Gasteiger partial charge in [0.25, 0.3) is 0 Å². The predicted octanol–water partition coefficient (Wildman–Crippen LogP) is 2.18. The van der Waals surface area contributed by atoms with Crippen LogP contribution in [0, 0.1) is 5.92 Å². The van der Waals surface area contributed by atoms with Crippen molar-refractivity contribution in [3.63, 3.8) is 0 Å². The van der Waals surface area contributed by atoms with E-state index in [-0.39, 0.29) is 11.9 Å². The Kier molecular flexibility index (Phi) is 6.30. The summed E-state index contributed by atoms with van der Waals surface area (Å²) < 4.78 is 5.41. The van der Waals surface area contributed by atoms with Crippen LogP contribution in [-0.4, -0.2) is 49.2 Å². The van der Waals surface area contributed by atoms with E-state index in [1.54, 1.807) is 0 Å². The van der Waals surface area contributed by atoms with E-state index >= 15 is 0 Å². The van der Waals surface area contributed by atoms with Crippen LogP contribution in [0.3, 0.4) is 0 Å². The molecular weight excluding hydrogens is 252 g/mol. The van der Waals surface area contributed by atoms with Crippen molar-refractivity contribution >= 4 is 5.91 Å². The van der Waals surface area contributed by atoms with Crippen LogP contribution in [0.5, 0.6) is 0 Å². The largest absolute Gasteiger partial charge is 0.381 e. The topological polar surface area (TPSA) is 41.6 Å². The van der Waals surface area contributed by atoms with E-state index in [0.717, 1.165) is 52.0 Å². The van der Waals surface area contributed by atoms with Crippen molar-refractivity contribution in [1.29, 1.82) is 0 Å². The zero-order valence-electron chi connectivity index (χ0n) is 13.1. The molecule has 0 spiro atoms. The molecule has 1 amide bonds. The van der Waals surface area contributed by atoms with E-state index in [9.17, 15) is 4.79 Å². The first-order chi connectivity index (χ1) is 9.68. The van der Waals surface area contributed by atoms with Crippen molar-refractivity contribution in [1.82, 2.24) is 10.2 Å². The first-order valence-electron chi connectivity index (χ1n) is 8.31. The maximum Gasteiger partial charge on any atom is 0.239 e. The molecule has 2 atom stereocenters. The van der Waals surface area contributed by atoms with Crippen LogP contribution in [0.4, 0.5) is 0 Å². The van der Waals surface area contributed by atoms with Crippen LogP contribution in [0.25, 0.3) is 0 Å². The van der Waals surface area contributed by atoms with Crippen LogP contribution in [0.1, 0.15) is 52.4 Å². The Bertz CT molecular complexity index is 295. The summed E-state index contributed by atoms with van der Waals surface area (Å²) in [4.78, 5) is 14.6. The van der Waals surface area contributed by atoms with E-state index in [1.165, 1.54) is 12.8 Å². The number of amides is 1. The molecule has 2 fully saturated rings. The quantitative estimate of drug-likeness (QED) is 0.859. The van der Waals surface area contributed by atoms with Crippen molar-refractivity contribution in [2.45, 2.75) is 64.5 Å². The summed E-state index contributed by atoms with van der Waals surface area (Å²) >= 11 is 0. The second kappa shape index (κ2) is 7.99. The summed E-state index contributed by atoms with van der Waals surface area (Å²) in [7, 11) is 0. The van der Waals surface area contributed by atoms with Crippen LogP contribution in [0.2, 0.25) is 0 Å². The highest BCUT2D eigenvalue weighted by molar-refractivity contribution is 5.81. The lowest BCUT2D eigenvalue weighted by Crippen LogP contribution is -2.50. The Morgan fingerprint density at radius 3 is 2.30 bits per heavy atom. The molecule has 0 aliphatic carbocycles. The minimum absolute atomic E-state index is 0.0639. The summed E-state index contributed by atoms with van der Waals surface area (Å²) in [6.45, 7) is 7.84. The van der Waals surface area contributed by atoms with Gasteiger partial charge in [-0.05, 0) is 45.4 Å². The predicted molar refractivity (Wildman–Crippen MR) is 80.7 cm³/mol. The monoisotopic (exact) mass is 282 g/mol. The number of ether oxygens (including phenoxy) is 1. The molecule has 2 unspecified atom stereocenters. The number of hydrogen-bond donors (Lipinski definition) is 1. The number of hydrogen-bond acceptors (Lipinski definition) is 3. The van der Waals surface area contributed by atoms with Crippen molar-refractivity contribution in [3.8, 4) is 0 Å². The molecular formula is C16H30N2O2. The lowest BCUT2D eigenvalue weighted by molar-refractivity contribution is -0.133. The van der Waals surface area contributed by atoms with Gasteiger partial charge in [-0.15, -0.1) is 0 Å². The molecule has 116 valence electrons. The zero-order chi connectivity index (χ0) is 14.4. The van der Waals surface area contributed by atoms with Gasteiger partial charge >= 0.3 is 0 Å². The van der Waals surface area contributed by atoms with Crippen LogP contribution >= 0.6 is 0 Å². The maximum atomic E-state index is 12.5. The van der Waals surface area contributed by atoms with Gasteiger partial charge in [0, 0.05) is 32.3 Å². The Balaban J connectivity index is 1.79. The summed E-state index contributed by atoms with van der Waals surface area (Å²) in [6, 6.07) is 0.329. The van der Waals surface area contributed by atoms with Crippen LogP contribution < -0.4 is 5.32 Å². The van der Waals surface area contributed by atoms with Gasteiger partial charge in [-0.2, -0.15) is 0 Å². The van der Waals surface area contributed by atoms with Crippen molar-refractivity contribution < 1.29 is 9.53 Å². The summed E-state index contributed by atoms with van der Waals surface area (Å²) in [5.41, 5.74) is 0. The van der Waals surface area contributed by atoms with Crippen molar-refractivity contribution in [2.75, 3.05) is 26.3 Å². The molecule has 0 radical (unpaired) electrons. The second-order valence-electron chi connectivity index (χ2n) is 6.37. The average molecular weight is 282 g/mol. The first-order valence-corrected chi connectivity index (χ1v) is 8.31. The number of likely N-dealkylation sites (tertiary alicyclic amines) is 1. The van der Waals surface area contributed by atoms with Gasteiger partial charge in [0.2, 0.25) is 5.91 Å². The van der Waals surface area contributed by atoms with E-state index in [0.29, 0.717) is 12.0 Å². The van der Waals surface area contributed by atoms with Gasteiger partial charge < -0.3 is 15.0 Å². The van der Waals surface area contributed by atoms with Gasteiger partial charge in [-0.3, -0.25) is 4.79 Å². The number of nitrogens with one attached hydrogen (secondary N) is 1. The molecule has 2 heterocycles. The van der Waals surface area contributed by atoms with Gasteiger partial charge in [0.1, 0.15) is 0 Å². The van der Waals surface area contributed by atoms with Crippen molar-refractivity contribution in [2.24, 2.45) is 5.92 Å². The number of nitrogens with zero attached hydrogens (tertiary/aromatic N) is 1. The Morgan fingerprint density at radius 1 is 1.10 bits per heavy atom. The normalized spacial score (nSPS) is 25.0. The maximum absolute atomic E-state index is 12.5. The Hall–Kier alpha value is -0.610. The molecule has 0 aromatic heterocycles. The Labute approximate surface area is 123 Å². The fourth-order valence-electron chi connectivity index (χ4n) is 3.38. The molecule has 0 aromatic rings. The van der Waals surface area contributed by atoms with E-state index in [2.05, 4.69) is 17.1 Å². The minimum Gasteiger partial charge on any atom is -0.381 e. The minimum atomic E-state index is -0.0639. The highest BCUT2D eigenvalue weighted by Gasteiger charge is 2.26. The molecule has 2 rings (SSSR count). The molecule has 0 saturated carbocycles. The van der Waals surface area contributed by atoms with Gasteiger partial charge in [-0.1, -0.05) is 12.8 Å². The van der Waals surface area contributed by atoms with Crippen LogP contribution in [0.15, 0.2) is 0 Å². The SMILES string of the molecule is CC(NC(C)C1CCOCC1)C(=O)N1CCCCCC1. The van der Waals surface area contributed by atoms with E-state index in [4.69, 9.17) is 4.74 Å². The smallest absolute Gasteiger partial charge is 0.239 e. The van der Waals surface area contributed by atoms with E-state index in [1.807, 2.05) is 6.92 Å². The Morgan fingerprint density at radius 2 is 1.70 bits per heavy atom. The van der Waals surface area contributed by atoms with E-state index < -0.39 is 0 Å². The van der Waals surface area contributed by atoms with Crippen molar-refractivity contribution in [3.05, 3.63) is 0 Å². The lowest BCUT2D eigenvalue weighted by atomic mass is 9.92. The summed E-state index contributed by atoms with van der Waals surface area (Å²) in [5.74, 6) is 0.925. The average Bonchev–Trinajstić information content (AvgIpc) is 2.76. The molecule has 4 heteroatoms. The lowest BCUT2D eigenvalue weighted by Gasteiger charge is -2.32. The third kappa shape index (κ3) is 4.45.